The second-order valence-electron chi connectivity index (χ2n) is 13.0. The van der Waals surface area contributed by atoms with Gasteiger partial charge in [0.15, 0.2) is 0 Å². The van der Waals surface area contributed by atoms with Gasteiger partial charge in [0.25, 0.3) is 0 Å². The van der Waals surface area contributed by atoms with Crippen molar-refractivity contribution in [2.45, 2.75) is 167 Å². The van der Waals surface area contributed by atoms with Crippen LogP contribution in [0.1, 0.15) is 136 Å². The molecular formula is C35H75NO6Si2. The Labute approximate surface area is 275 Å². The highest BCUT2D eigenvalue weighted by atomic mass is 28.4. The van der Waals surface area contributed by atoms with Crippen molar-refractivity contribution in [2.75, 3.05) is 53.4 Å². The normalized spacial score (nSPS) is 12.2. The van der Waals surface area contributed by atoms with Gasteiger partial charge in [-0.3, -0.25) is 4.79 Å². The highest BCUT2D eigenvalue weighted by molar-refractivity contribution is 6.79. The summed E-state index contributed by atoms with van der Waals surface area (Å²) >= 11 is 0. The fraction of sp³-hybridized carbons (Fsp3) is 0.971. The van der Waals surface area contributed by atoms with Gasteiger partial charge < -0.3 is 28.7 Å². The predicted octanol–water partition coefficient (Wildman–Crippen LogP) is 8.93. The van der Waals surface area contributed by atoms with Crippen LogP contribution in [0, 0.1) is 0 Å². The fourth-order valence-corrected chi connectivity index (χ4v) is 13.4. The Bertz CT molecular complexity index is 584. The number of carbonyl (C=O) groups is 1. The number of aliphatic hydroxyl groups is 1. The zero-order valence-corrected chi connectivity index (χ0v) is 32.0. The summed E-state index contributed by atoms with van der Waals surface area (Å²) in [5, 5.41) is 12.9. The lowest BCUT2D eigenvalue weighted by atomic mass is 10.2. The molecule has 44 heavy (non-hydrogen) atoms. The second kappa shape index (κ2) is 31.3. The minimum atomic E-state index is -2.40. The van der Waals surface area contributed by atoms with Crippen molar-refractivity contribution in [3.8, 4) is 0 Å². The number of rotatable bonds is 35. The molecule has 0 amide bonds. The standard InChI is InChI=1S/C35H75NO6Si2/c1-6-9-12-18-29-43(30-19-13-10-7-2,31-20-14-11-8-3)32-22-26-41-27-28-42-35(38)23-16-15-17-24-36-25-21-33-44(34-37,39-4)40-5/h36-37H,6-34H2,1-5H3. The Kier molecular flexibility index (Phi) is 31.1. The molecule has 0 saturated heterocycles. The average Bonchev–Trinajstić information content (AvgIpc) is 3.04. The van der Waals surface area contributed by atoms with Crippen molar-refractivity contribution in [2.24, 2.45) is 0 Å². The molecule has 2 N–H and O–H groups in total. The summed E-state index contributed by atoms with van der Waals surface area (Å²) in [5.41, 5.74) is 0. The third-order valence-corrected chi connectivity index (χ3v) is 18.0. The van der Waals surface area contributed by atoms with Crippen molar-refractivity contribution >= 4 is 22.6 Å². The summed E-state index contributed by atoms with van der Waals surface area (Å²) in [7, 11) is -0.434. The molecule has 9 heteroatoms. The van der Waals surface area contributed by atoms with Gasteiger partial charge in [-0.25, -0.2) is 0 Å². The second-order valence-corrected chi connectivity index (χ2v) is 21.5. The van der Waals surface area contributed by atoms with Gasteiger partial charge in [0.2, 0.25) is 0 Å². The maximum Gasteiger partial charge on any atom is 0.364 e. The number of hydrogen-bond acceptors (Lipinski definition) is 7. The van der Waals surface area contributed by atoms with Crippen LogP contribution in [0.25, 0.3) is 0 Å². The molecule has 0 unspecified atom stereocenters. The van der Waals surface area contributed by atoms with Gasteiger partial charge in [0.1, 0.15) is 6.61 Å². The van der Waals surface area contributed by atoms with Gasteiger partial charge >= 0.3 is 14.5 Å². The van der Waals surface area contributed by atoms with Gasteiger partial charge in [-0.2, -0.15) is 0 Å². The quantitative estimate of drug-likeness (QED) is 0.0398. The summed E-state index contributed by atoms with van der Waals surface area (Å²) < 4.78 is 22.2. The molecule has 0 saturated carbocycles. The van der Waals surface area contributed by atoms with E-state index in [0.29, 0.717) is 19.6 Å². The first-order valence-corrected chi connectivity index (χ1v) is 23.7. The molecular weight excluding hydrogens is 587 g/mol. The lowest BCUT2D eigenvalue weighted by Crippen LogP contribution is -2.45. The molecule has 0 aliphatic carbocycles. The SMILES string of the molecule is CCCCCC[Si](CCCCCC)(CCCCCC)CCCOCCOC(=O)CCCCCNCCC[Si](CO)(OC)OC. The summed E-state index contributed by atoms with van der Waals surface area (Å²) in [6, 6.07) is 6.76. The molecule has 0 fully saturated rings. The molecule has 0 aliphatic heterocycles. The highest BCUT2D eigenvalue weighted by Crippen LogP contribution is 2.34. The molecule has 7 nitrogen and oxygen atoms in total. The Morgan fingerprint density at radius 1 is 0.591 bits per heavy atom. The fourth-order valence-electron chi connectivity index (χ4n) is 6.27. The minimum Gasteiger partial charge on any atom is -0.463 e. The maximum absolute atomic E-state index is 12.1. The smallest absolute Gasteiger partial charge is 0.364 e. The van der Waals surface area contributed by atoms with Crippen molar-refractivity contribution in [3.63, 3.8) is 0 Å². The molecule has 0 atom stereocenters. The van der Waals surface area contributed by atoms with E-state index in [4.69, 9.17) is 18.3 Å². The van der Waals surface area contributed by atoms with Crippen LogP contribution in [-0.4, -0.2) is 81.1 Å². The van der Waals surface area contributed by atoms with Crippen LogP contribution in [0.15, 0.2) is 0 Å². The molecule has 0 rings (SSSR count). The molecule has 264 valence electrons. The molecule has 0 radical (unpaired) electrons. The van der Waals surface area contributed by atoms with E-state index in [9.17, 15) is 9.90 Å². The zero-order valence-electron chi connectivity index (χ0n) is 30.0. The van der Waals surface area contributed by atoms with E-state index >= 15 is 0 Å². The van der Waals surface area contributed by atoms with Crippen LogP contribution in [0.5, 0.6) is 0 Å². The van der Waals surface area contributed by atoms with E-state index < -0.39 is 16.6 Å². The van der Waals surface area contributed by atoms with E-state index in [1.54, 1.807) is 14.2 Å². The lowest BCUT2D eigenvalue weighted by Gasteiger charge is -2.33. The van der Waals surface area contributed by atoms with Crippen molar-refractivity contribution in [3.05, 3.63) is 0 Å². The number of carbonyl (C=O) groups excluding carboxylic acids is 1. The number of esters is 1. The third-order valence-electron chi connectivity index (χ3n) is 9.30. The Morgan fingerprint density at radius 2 is 1.11 bits per heavy atom. The van der Waals surface area contributed by atoms with E-state index in [-0.39, 0.29) is 12.2 Å². The van der Waals surface area contributed by atoms with Gasteiger partial charge in [0.05, 0.1) is 20.9 Å². The first-order valence-electron chi connectivity index (χ1n) is 18.6. The maximum atomic E-state index is 12.1. The van der Waals surface area contributed by atoms with Crippen LogP contribution in [0.2, 0.25) is 30.2 Å². The molecule has 0 aromatic carbocycles. The topological polar surface area (TPSA) is 86.3 Å². The van der Waals surface area contributed by atoms with E-state index in [1.165, 1.54) is 108 Å². The van der Waals surface area contributed by atoms with Crippen LogP contribution in [-0.2, 0) is 23.1 Å². The Morgan fingerprint density at radius 3 is 1.64 bits per heavy atom. The van der Waals surface area contributed by atoms with Gasteiger partial charge in [0, 0.05) is 27.2 Å². The molecule has 0 aliphatic rings. The Hall–Kier alpha value is -0.296. The monoisotopic (exact) mass is 662 g/mol. The number of unbranched alkanes of at least 4 members (excludes halogenated alkanes) is 11. The van der Waals surface area contributed by atoms with Crippen LogP contribution in [0.4, 0.5) is 0 Å². The van der Waals surface area contributed by atoms with E-state index in [1.807, 2.05) is 0 Å². The number of ether oxygens (including phenoxy) is 2. The zero-order chi connectivity index (χ0) is 32.6. The lowest BCUT2D eigenvalue weighted by molar-refractivity contribution is -0.145. The molecule has 0 heterocycles. The summed E-state index contributed by atoms with van der Waals surface area (Å²) in [5.74, 6) is -0.108. The Balaban J connectivity index is 4.16. The molecule has 0 aromatic rings. The minimum absolute atomic E-state index is 0.0119. The molecule has 0 spiro atoms. The predicted molar refractivity (Wildman–Crippen MR) is 191 cm³/mol. The van der Waals surface area contributed by atoms with Gasteiger partial charge in [-0.15, -0.1) is 0 Å². The van der Waals surface area contributed by atoms with E-state index in [0.717, 1.165) is 51.4 Å². The number of hydrogen-bond donors (Lipinski definition) is 2. The third kappa shape index (κ3) is 24.0. The average molecular weight is 662 g/mol. The van der Waals surface area contributed by atoms with Gasteiger partial charge in [-0.1, -0.05) is 128 Å². The summed E-state index contributed by atoms with van der Waals surface area (Å²) in [6.07, 6.45) is 22.1. The number of nitrogens with one attached hydrogen (secondary N) is 1. The van der Waals surface area contributed by atoms with Crippen LogP contribution >= 0.6 is 0 Å². The van der Waals surface area contributed by atoms with Crippen molar-refractivity contribution in [1.82, 2.24) is 5.32 Å². The molecule has 0 bridgehead atoms. The van der Waals surface area contributed by atoms with Crippen molar-refractivity contribution in [1.29, 1.82) is 0 Å². The van der Waals surface area contributed by atoms with Crippen LogP contribution in [0.3, 0.4) is 0 Å². The summed E-state index contributed by atoms with van der Waals surface area (Å²) in [4.78, 5) is 12.1. The van der Waals surface area contributed by atoms with Gasteiger partial charge in [-0.05, 0) is 44.8 Å². The number of aliphatic hydroxyl groups excluding tert-OH is 1. The van der Waals surface area contributed by atoms with Crippen molar-refractivity contribution < 1.29 is 28.2 Å². The first-order chi connectivity index (χ1) is 21.5. The highest BCUT2D eigenvalue weighted by Gasteiger charge is 2.34. The largest absolute Gasteiger partial charge is 0.463 e. The summed E-state index contributed by atoms with van der Waals surface area (Å²) in [6.45, 7) is 10.4. The first kappa shape index (κ1) is 43.7. The van der Waals surface area contributed by atoms with Crippen LogP contribution < -0.4 is 5.32 Å². The molecule has 0 aromatic heterocycles. The van der Waals surface area contributed by atoms with E-state index in [2.05, 4.69) is 26.1 Å².